The minimum absolute atomic E-state index is 0.00276. The Kier molecular flexibility index (Phi) is 5.03. The molecule has 0 radical (unpaired) electrons. The average molecular weight is 364 g/mol. The zero-order valence-electron chi connectivity index (χ0n) is 13.8. The lowest BCUT2D eigenvalue weighted by Crippen LogP contribution is -2.42. The molecule has 2 unspecified atom stereocenters. The van der Waals surface area contributed by atoms with E-state index in [0.29, 0.717) is 24.1 Å². The van der Waals surface area contributed by atoms with E-state index in [0.717, 1.165) is 12.0 Å². The van der Waals surface area contributed by atoms with E-state index in [2.05, 4.69) is 9.71 Å². The number of hydrogen-bond acceptors (Lipinski definition) is 5. The lowest BCUT2D eigenvalue weighted by molar-refractivity contribution is -0.139. The summed E-state index contributed by atoms with van der Waals surface area (Å²) in [5.41, 5.74) is 1.09. The molecule has 1 aliphatic rings. The molecule has 1 aromatic heterocycles. The summed E-state index contributed by atoms with van der Waals surface area (Å²) in [6.45, 7) is 2.83. The first-order valence-corrected chi connectivity index (χ1v) is 9.53. The molecule has 1 aromatic carbocycles. The first-order chi connectivity index (χ1) is 11.9. The molecule has 1 saturated heterocycles. The molecule has 2 atom stereocenters. The Hall–Kier alpha value is -2.03. The van der Waals surface area contributed by atoms with Gasteiger partial charge in [0.25, 0.3) is 0 Å². The summed E-state index contributed by atoms with van der Waals surface area (Å²) in [4.78, 5) is 15.7. The second-order valence-electron chi connectivity index (χ2n) is 6.32. The lowest BCUT2D eigenvalue weighted by atomic mass is 10.00. The predicted molar refractivity (Wildman–Crippen MR) is 91.8 cm³/mol. The Morgan fingerprint density at radius 2 is 2.28 bits per heavy atom. The van der Waals surface area contributed by atoms with Crippen molar-refractivity contribution in [1.82, 2.24) is 9.71 Å². The van der Waals surface area contributed by atoms with Crippen molar-refractivity contribution in [3.8, 4) is 0 Å². The monoisotopic (exact) mass is 364 g/mol. The number of rotatable bonds is 6. The Bertz CT molecular complexity index is 891. The van der Waals surface area contributed by atoms with E-state index in [9.17, 15) is 18.3 Å². The van der Waals surface area contributed by atoms with E-state index in [1.165, 1.54) is 12.3 Å². The van der Waals surface area contributed by atoms with Crippen molar-refractivity contribution in [3.63, 3.8) is 0 Å². The molecule has 134 valence electrons. The summed E-state index contributed by atoms with van der Waals surface area (Å²) in [5, 5.41) is 10.1. The van der Waals surface area contributed by atoms with E-state index in [1.54, 1.807) is 19.1 Å². The molecule has 2 heterocycles. The van der Waals surface area contributed by atoms with Gasteiger partial charge >= 0.3 is 5.97 Å². The molecule has 0 saturated carbocycles. The zero-order valence-corrected chi connectivity index (χ0v) is 14.6. The van der Waals surface area contributed by atoms with Gasteiger partial charge in [-0.25, -0.2) is 8.42 Å². The SMILES string of the molecule is Cc1cc(S(=O)(=O)NC(CC2CCOC2)C(=O)O)c2ncccc2c1. The van der Waals surface area contributed by atoms with Crippen LogP contribution in [0.2, 0.25) is 0 Å². The Morgan fingerprint density at radius 1 is 1.48 bits per heavy atom. The fourth-order valence-corrected chi connectivity index (χ4v) is 4.52. The summed E-state index contributed by atoms with van der Waals surface area (Å²) < 4.78 is 33.3. The highest BCUT2D eigenvalue weighted by Gasteiger charge is 2.30. The number of hydrogen-bond donors (Lipinski definition) is 2. The van der Waals surface area contributed by atoms with Crippen LogP contribution < -0.4 is 4.72 Å². The van der Waals surface area contributed by atoms with Crippen molar-refractivity contribution in [1.29, 1.82) is 0 Å². The van der Waals surface area contributed by atoms with Crippen molar-refractivity contribution in [2.75, 3.05) is 13.2 Å². The quantitative estimate of drug-likeness (QED) is 0.808. The van der Waals surface area contributed by atoms with Gasteiger partial charge < -0.3 is 9.84 Å². The normalized spacial score (nSPS) is 19.2. The molecule has 0 bridgehead atoms. The number of carboxylic acid groups (broad SMARTS) is 1. The molecular weight excluding hydrogens is 344 g/mol. The van der Waals surface area contributed by atoms with Crippen molar-refractivity contribution in [3.05, 3.63) is 36.0 Å². The molecule has 0 spiro atoms. The number of fused-ring (bicyclic) bond motifs is 1. The van der Waals surface area contributed by atoms with E-state index in [-0.39, 0.29) is 17.2 Å². The number of pyridine rings is 1. The summed E-state index contributed by atoms with van der Waals surface area (Å²) in [7, 11) is -4.03. The van der Waals surface area contributed by atoms with Gasteiger partial charge in [0.05, 0.1) is 5.52 Å². The smallest absolute Gasteiger partial charge is 0.321 e. The van der Waals surface area contributed by atoms with E-state index >= 15 is 0 Å². The molecule has 1 fully saturated rings. The Labute approximate surface area is 146 Å². The number of aryl methyl sites for hydroxylation is 1. The summed E-state index contributed by atoms with van der Waals surface area (Å²) in [6.07, 6.45) is 2.45. The van der Waals surface area contributed by atoms with Gasteiger partial charge in [0.15, 0.2) is 0 Å². The van der Waals surface area contributed by atoms with Crippen LogP contribution in [-0.2, 0) is 19.6 Å². The molecule has 2 aromatic rings. The van der Waals surface area contributed by atoms with Crippen LogP contribution >= 0.6 is 0 Å². The van der Waals surface area contributed by atoms with Crippen LogP contribution in [0.15, 0.2) is 35.4 Å². The fraction of sp³-hybridized carbons (Fsp3) is 0.412. The number of nitrogens with zero attached hydrogens (tertiary/aromatic N) is 1. The van der Waals surface area contributed by atoms with Gasteiger partial charge in [-0.15, -0.1) is 0 Å². The summed E-state index contributed by atoms with van der Waals surface area (Å²) >= 11 is 0. The molecule has 8 heteroatoms. The van der Waals surface area contributed by atoms with Crippen LogP contribution in [0, 0.1) is 12.8 Å². The van der Waals surface area contributed by atoms with Crippen LogP contribution in [-0.4, -0.2) is 43.7 Å². The van der Waals surface area contributed by atoms with Gasteiger partial charge in [-0.05, 0) is 49.4 Å². The number of nitrogens with one attached hydrogen (secondary N) is 1. The third-order valence-electron chi connectivity index (χ3n) is 4.29. The average Bonchev–Trinajstić information content (AvgIpc) is 3.06. The van der Waals surface area contributed by atoms with Crippen molar-refractivity contribution in [2.45, 2.75) is 30.7 Å². The van der Waals surface area contributed by atoms with E-state index in [1.807, 2.05) is 6.07 Å². The zero-order chi connectivity index (χ0) is 18.0. The number of carbonyl (C=O) groups is 1. The second-order valence-corrected chi connectivity index (χ2v) is 8.00. The van der Waals surface area contributed by atoms with Gasteiger partial charge in [-0.1, -0.05) is 6.07 Å². The lowest BCUT2D eigenvalue weighted by Gasteiger charge is -2.18. The third kappa shape index (κ3) is 3.97. The maximum absolute atomic E-state index is 12.8. The highest BCUT2D eigenvalue weighted by Crippen LogP contribution is 2.24. The van der Waals surface area contributed by atoms with Crippen molar-refractivity contribution >= 4 is 26.9 Å². The van der Waals surface area contributed by atoms with Gasteiger partial charge in [0, 0.05) is 24.8 Å². The minimum atomic E-state index is -4.03. The van der Waals surface area contributed by atoms with Gasteiger partial charge in [0.1, 0.15) is 10.9 Å². The molecule has 2 N–H and O–H groups in total. The molecule has 3 rings (SSSR count). The first-order valence-electron chi connectivity index (χ1n) is 8.05. The third-order valence-corrected chi connectivity index (χ3v) is 5.78. The van der Waals surface area contributed by atoms with E-state index in [4.69, 9.17) is 4.74 Å². The molecule has 0 aliphatic carbocycles. The number of aliphatic carboxylic acids is 1. The van der Waals surface area contributed by atoms with Crippen LogP contribution in [0.4, 0.5) is 0 Å². The number of aromatic nitrogens is 1. The molecule has 0 amide bonds. The fourth-order valence-electron chi connectivity index (χ4n) is 3.06. The highest BCUT2D eigenvalue weighted by atomic mass is 32.2. The largest absolute Gasteiger partial charge is 0.480 e. The summed E-state index contributed by atoms with van der Waals surface area (Å²) in [5.74, 6) is -1.16. The minimum Gasteiger partial charge on any atom is -0.480 e. The standard InChI is InChI=1S/C17H20N2O5S/c1-11-7-13-3-2-5-18-16(13)15(8-11)25(22,23)19-14(17(20)21)9-12-4-6-24-10-12/h2-3,5,7-8,12,14,19H,4,6,9-10H2,1H3,(H,20,21). The van der Waals surface area contributed by atoms with Crippen molar-refractivity contribution in [2.24, 2.45) is 5.92 Å². The predicted octanol–water partition coefficient (Wildman–Crippen LogP) is 1.70. The number of carboxylic acids is 1. The maximum Gasteiger partial charge on any atom is 0.321 e. The second kappa shape index (κ2) is 7.07. The number of ether oxygens (including phenoxy) is 1. The summed E-state index contributed by atoms with van der Waals surface area (Å²) in [6, 6.07) is 5.65. The Morgan fingerprint density at radius 3 is 2.96 bits per heavy atom. The molecule has 7 nitrogen and oxygen atoms in total. The molecule has 1 aliphatic heterocycles. The van der Waals surface area contributed by atoms with Crippen molar-refractivity contribution < 1.29 is 23.1 Å². The van der Waals surface area contributed by atoms with Gasteiger partial charge in [0.2, 0.25) is 10.0 Å². The molecular formula is C17H20N2O5S. The molecule has 25 heavy (non-hydrogen) atoms. The van der Waals surface area contributed by atoms with Crippen LogP contribution in [0.5, 0.6) is 0 Å². The highest BCUT2D eigenvalue weighted by molar-refractivity contribution is 7.89. The first kappa shape index (κ1) is 17.8. The number of sulfonamides is 1. The van der Waals surface area contributed by atoms with Crippen LogP contribution in [0.1, 0.15) is 18.4 Å². The topological polar surface area (TPSA) is 106 Å². The van der Waals surface area contributed by atoms with Crippen LogP contribution in [0.3, 0.4) is 0 Å². The number of benzene rings is 1. The Balaban J connectivity index is 1.93. The van der Waals surface area contributed by atoms with Crippen LogP contribution in [0.25, 0.3) is 10.9 Å². The van der Waals surface area contributed by atoms with Gasteiger partial charge in [-0.3, -0.25) is 9.78 Å². The van der Waals surface area contributed by atoms with Gasteiger partial charge in [-0.2, -0.15) is 4.72 Å². The maximum atomic E-state index is 12.8. The van der Waals surface area contributed by atoms with E-state index < -0.39 is 22.0 Å².